The van der Waals surface area contributed by atoms with Gasteiger partial charge in [0.2, 0.25) is 11.8 Å². The van der Waals surface area contributed by atoms with Gasteiger partial charge < -0.3 is 29.7 Å². The fourth-order valence-electron chi connectivity index (χ4n) is 4.48. The highest BCUT2D eigenvalue weighted by Crippen LogP contribution is 2.36. The average molecular weight is 530 g/mol. The minimum absolute atomic E-state index is 0.0720. The molecule has 3 aromatic heterocycles. The Labute approximate surface area is 223 Å². The summed E-state index contributed by atoms with van der Waals surface area (Å²) in [6.45, 7) is 2.21. The lowest BCUT2D eigenvalue weighted by Gasteiger charge is -2.27. The van der Waals surface area contributed by atoms with Crippen molar-refractivity contribution in [2.75, 3.05) is 38.7 Å². The van der Waals surface area contributed by atoms with E-state index in [0.29, 0.717) is 60.1 Å². The van der Waals surface area contributed by atoms with Crippen LogP contribution in [-0.4, -0.2) is 69.1 Å². The molecule has 0 aliphatic carbocycles. The summed E-state index contributed by atoms with van der Waals surface area (Å²) in [6, 6.07) is 13.2. The summed E-state index contributed by atoms with van der Waals surface area (Å²) in [5.74, 6) is 1.46. The van der Waals surface area contributed by atoms with Crippen molar-refractivity contribution < 1.29 is 14.3 Å². The van der Waals surface area contributed by atoms with Gasteiger partial charge in [-0.1, -0.05) is 35.9 Å². The van der Waals surface area contributed by atoms with Crippen molar-refractivity contribution in [3.8, 4) is 28.4 Å². The van der Waals surface area contributed by atoms with Gasteiger partial charge in [-0.2, -0.15) is 9.97 Å². The number of fused-ring (bicyclic) bond motifs is 1. The number of nitrogens with one attached hydrogen (secondary N) is 3. The number of H-pyrrole nitrogens is 2. The van der Waals surface area contributed by atoms with Crippen molar-refractivity contribution >= 4 is 40.2 Å². The first-order chi connectivity index (χ1) is 18.6. The summed E-state index contributed by atoms with van der Waals surface area (Å²) >= 11 is 6.53. The van der Waals surface area contributed by atoms with Crippen LogP contribution in [0.15, 0.2) is 61.1 Å². The summed E-state index contributed by atoms with van der Waals surface area (Å²) in [7, 11) is 1.57. The van der Waals surface area contributed by atoms with Gasteiger partial charge in [0, 0.05) is 48.4 Å². The van der Waals surface area contributed by atoms with E-state index in [1.807, 2.05) is 30.5 Å². The van der Waals surface area contributed by atoms with Gasteiger partial charge in [-0.3, -0.25) is 4.79 Å². The van der Waals surface area contributed by atoms with E-state index in [-0.39, 0.29) is 5.91 Å². The molecule has 192 valence electrons. The molecule has 6 rings (SSSR count). The van der Waals surface area contributed by atoms with Crippen molar-refractivity contribution in [2.24, 2.45) is 0 Å². The van der Waals surface area contributed by atoms with Crippen molar-refractivity contribution in [3.05, 3.63) is 71.6 Å². The Hall–Kier alpha value is -4.41. The van der Waals surface area contributed by atoms with Gasteiger partial charge in [0.15, 0.2) is 0 Å². The van der Waals surface area contributed by atoms with Gasteiger partial charge in [-0.05, 0) is 23.8 Å². The van der Waals surface area contributed by atoms with Gasteiger partial charge >= 0.3 is 0 Å². The number of ether oxygens (including phenoxy) is 2. The quantitative estimate of drug-likeness (QED) is 0.286. The Morgan fingerprint density at radius 1 is 1.08 bits per heavy atom. The summed E-state index contributed by atoms with van der Waals surface area (Å²) in [5, 5.41) is 4.30. The molecular weight excluding hydrogens is 506 g/mol. The Bertz CT molecular complexity index is 1590. The maximum Gasteiger partial charge on any atom is 0.254 e. The van der Waals surface area contributed by atoms with Gasteiger partial charge in [-0.25, -0.2) is 4.98 Å². The zero-order chi connectivity index (χ0) is 26.1. The molecular formula is C27H24ClN7O3. The van der Waals surface area contributed by atoms with Crippen LogP contribution in [0.25, 0.3) is 33.5 Å². The minimum atomic E-state index is -0.0720. The number of anilines is 2. The number of rotatable bonds is 6. The molecule has 1 amide bonds. The molecule has 2 aromatic carbocycles. The number of aromatic amines is 2. The van der Waals surface area contributed by atoms with Crippen molar-refractivity contribution in [1.82, 2.24) is 29.8 Å². The number of hydrogen-bond donors (Lipinski definition) is 3. The number of morpholine rings is 1. The van der Waals surface area contributed by atoms with Crippen LogP contribution in [0.3, 0.4) is 0 Å². The topological polar surface area (TPSA) is 121 Å². The maximum atomic E-state index is 12.8. The van der Waals surface area contributed by atoms with E-state index in [1.54, 1.807) is 42.6 Å². The Morgan fingerprint density at radius 3 is 2.58 bits per heavy atom. The number of nitrogens with zero attached hydrogens (tertiary/aromatic N) is 4. The number of aromatic nitrogens is 5. The molecule has 38 heavy (non-hydrogen) atoms. The van der Waals surface area contributed by atoms with Crippen LogP contribution in [0.5, 0.6) is 5.88 Å². The predicted octanol–water partition coefficient (Wildman–Crippen LogP) is 4.89. The van der Waals surface area contributed by atoms with Crippen LogP contribution < -0.4 is 10.1 Å². The number of carbonyl (C=O) groups excluding carboxylic acids is 1. The molecule has 0 radical (unpaired) electrons. The van der Waals surface area contributed by atoms with Gasteiger partial charge in [-0.15, -0.1) is 0 Å². The van der Waals surface area contributed by atoms with E-state index >= 15 is 0 Å². The molecule has 1 aliphatic rings. The number of carbonyl (C=O) groups is 1. The lowest BCUT2D eigenvalue weighted by Crippen LogP contribution is -2.40. The highest BCUT2D eigenvalue weighted by atomic mass is 35.5. The first-order valence-corrected chi connectivity index (χ1v) is 12.5. The zero-order valence-corrected chi connectivity index (χ0v) is 21.2. The number of imidazole rings is 1. The van der Waals surface area contributed by atoms with Crippen LogP contribution in [0.1, 0.15) is 10.4 Å². The van der Waals surface area contributed by atoms with E-state index < -0.39 is 0 Å². The average Bonchev–Trinajstić information content (AvgIpc) is 3.65. The number of benzene rings is 2. The SMILES string of the molecule is COc1nc(Nc2ccc(C(=O)N3CCOCC3)cc2Cl)nc2[nH]cc(-c3ccc(-c4ncc[nH]4)cc3)c12. The van der Waals surface area contributed by atoms with Gasteiger partial charge in [0.05, 0.1) is 36.4 Å². The van der Waals surface area contributed by atoms with E-state index in [2.05, 4.69) is 30.2 Å². The molecule has 10 nitrogen and oxygen atoms in total. The maximum absolute atomic E-state index is 12.8. The van der Waals surface area contributed by atoms with E-state index in [4.69, 9.17) is 21.1 Å². The van der Waals surface area contributed by atoms with E-state index in [0.717, 1.165) is 27.9 Å². The van der Waals surface area contributed by atoms with Crippen LogP contribution in [0.4, 0.5) is 11.6 Å². The number of methoxy groups -OCH3 is 1. The number of amides is 1. The van der Waals surface area contributed by atoms with E-state index in [9.17, 15) is 4.79 Å². The molecule has 1 aliphatic heterocycles. The lowest BCUT2D eigenvalue weighted by atomic mass is 10.0. The zero-order valence-electron chi connectivity index (χ0n) is 20.5. The van der Waals surface area contributed by atoms with Crippen LogP contribution in [-0.2, 0) is 4.74 Å². The number of hydrogen-bond acceptors (Lipinski definition) is 7. The first kappa shape index (κ1) is 24.0. The molecule has 1 saturated heterocycles. The summed E-state index contributed by atoms with van der Waals surface area (Å²) in [5.41, 5.74) is 4.59. The molecule has 4 heterocycles. The lowest BCUT2D eigenvalue weighted by molar-refractivity contribution is 0.0303. The fourth-order valence-corrected chi connectivity index (χ4v) is 4.71. The smallest absolute Gasteiger partial charge is 0.254 e. The second kappa shape index (κ2) is 10.2. The van der Waals surface area contributed by atoms with Crippen LogP contribution >= 0.6 is 11.6 Å². The fraction of sp³-hybridized carbons (Fsp3) is 0.185. The molecule has 0 spiro atoms. The van der Waals surface area contributed by atoms with E-state index in [1.165, 1.54) is 0 Å². The standard InChI is InChI=1S/C27H24ClN7O3/c1-37-25-22-19(16-2-4-17(5-3-16)23-29-8-9-30-23)15-31-24(22)33-27(34-25)32-21-7-6-18(14-20(21)28)26(36)35-10-12-38-13-11-35/h2-9,14-15H,10-13H2,1H3,(H,29,30)(H2,31,32,33,34). The van der Waals surface area contributed by atoms with Crippen molar-refractivity contribution in [1.29, 1.82) is 0 Å². The molecule has 5 aromatic rings. The summed E-state index contributed by atoms with van der Waals surface area (Å²) in [6.07, 6.45) is 5.40. The van der Waals surface area contributed by atoms with Gasteiger partial charge in [0.25, 0.3) is 5.91 Å². The highest BCUT2D eigenvalue weighted by molar-refractivity contribution is 6.33. The van der Waals surface area contributed by atoms with Crippen LogP contribution in [0, 0.1) is 0 Å². The molecule has 0 bridgehead atoms. The summed E-state index contributed by atoms with van der Waals surface area (Å²) < 4.78 is 11.0. The molecule has 3 N–H and O–H groups in total. The molecule has 0 atom stereocenters. The monoisotopic (exact) mass is 529 g/mol. The van der Waals surface area contributed by atoms with Crippen molar-refractivity contribution in [3.63, 3.8) is 0 Å². The predicted molar refractivity (Wildman–Crippen MR) is 145 cm³/mol. The van der Waals surface area contributed by atoms with Gasteiger partial charge in [0.1, 0.15) is 11.5 Å². The molecule has 1 fully saturated rings. The highest BCUT2D eigenvalue weighted by Gasteiger charge is 2.20. The number of halogens is 1. The third-order valence-corrected chi connectivity index (χ3v) is 6.73. The molecule has 0 saturated carbocycles. The Morgan fingerprint density at radius 2 is 1.87 bits per heavy atom. The first-order valence-electron chi connectivity index (χ1n) is 12.1. The third-order valence-electron chi connectivity index (χ3n) is 6.42. The Balaban J connectivity index is 1.26. The van der Waals surface area contributed by atoms with Crippen LogP contribution in [0.2, 0.25) is 5.02 Å². The molecule has 0 unspecified atom stereocenters. The second-order valence-corrected chi connectivity index (χ2v) is 9.13. The largest absolute Gasteiger partial charge is 0.480 e. The molecule has 11 heteroatoms. The normalized spacial score (nSPS) is 13.6. The third kappa shape index (κ3) is 4.55. The minimum Gasteiger partial charge on any atom is -0.480 e. The van der Waals surface area contributed by atoms with Crippen molar-refractivity contribution in [2.45, 2.75) is 0 Å². The summed E-state index contributed by atoms with van der Waals surface area (Å²) in [4.78, 5) is 34.4. The Kier molecular flexibility index (Phi) is 6.40. The second-order valence-electron chi connectivity index (χ2n) is 8.72.